The van der Waals surface area contributed by atoms with E-state index in [0.717, 1.165) is 0 Å². The Balaban J connectivity index is 2.42. The van der Waals surface area contributed by atoms with Crippen LogP contribution in [-0.4, -0.2) is 29.5 Å². The fourth-order valence-corrected chi connectivity index (χ4v) is 0.960. The minimum atomic E-state index is 0.382. The standard InChI is InChI=1S/C7H6N6/c1-2-3-13-7(8-4-11-13)12-5-9-10-6-12/h1,4-6H,3H2. The van der Waals surface area contributed by atoms with Crippen molar-refractivity contribution in [2.75, 3.05) is 0 Å². The molecule has 6 nitrogen and oxygen atoms in total. The van der Waals surface area contributed by atoms with E-state index in [2.05, 4.69) is 26.2 Å². The van der Waals surface area contributed by atoms with Crippen LogP contribution in [0.25, 0.3) is 5.95 Å². The number of rotatable bonds is 2. The third-order valence-electron chi connectivity index (χ3n) is 1.49. The van der Waals surface area contributed by atoms with Gasteiger partial charge in [0.25, 0.3) is 0 Å². The Kier molecular flexibility index (Phi) is 1.77. The van der Waals surface area contributed by atoms with E-state index in [0.29, 0.717) is 12.5 Å². The van der Waals surface area contributed by atoms with E-state index in [1.54, 1.807) is 9.25 Å². The summed E-state index contributed by atoms with van der Waals surface area (Å²) >= 11 is 0. The van der Waals surface area contributed by atoms with Crippen LogP contribution in [0.3, 0.4) is 0 Å². The average molecular weight is 174 g/mol. The maximum Gasteiger partial charge on any atom is 0.235 e. The first-order chi connectivity index (χ1) is 6.42. The molecule has 2 rings (SSSR count). The second kappa shape index (κ2) is 3.06. The van der Waals surface area contributed by atoms with Crippen molar-refractivity contribution in [1.29, 1.82) is 0 Å². The quantitative estimate of drug-likeness (QED) is 0.575. The molecule has 0 aromatic carbocycles. The fraction of sp³-hybridized carbons (Fsp3) is 0.143. The molecule has 0 saturated carbocycles. The van der Waals surface area contributed by atoms with Gasteiger partial charge in [-0.2, -0.15) is 10.1 Å². The van der Waals surface area contributed by atoms with Gasteiger partial charge in [0.05, 0.1) is 0 Å². The van der Waals surface area contributed by atoms with Crippen LogP contribution in [-0.2, 0) is 6.54 Å². The molecule has 0 N–H and O–H groups in total. The Morgan fingerprint density at radius 2 is 2.15 bits per heavy atom. The van der Waals surface area contributed by atoms with E-state index in [1.807, 2.05) is 0 Å². The van der Waals surface area contributed by atoms with Crippen LogP contribution in [0.5, 0.6) is 0 Å². The van der Waals surface area contributed by atoms with Crippen LogP contribution >= 0.6 is 0 Å². The van der Waals surface area contributed by atoms with Gasteiger partial charge in [0.2, 0.25) is 5.95 Å². The molecule has 2 aromatic rings. The van der Waals surface area contributed by atoms with E-state index < -0.39 is 0 Å². The van der Waals surface area contributed by atoms with E-state index in [1.165, 1.54) is 19.0 Å². The zero-order valence-corrected chi connectivity index (χ0v) is 6.70. The first kappa shape index (κ1) is 7.49. The van der Waals surface area contributed by atoms with Crippen molar-refractivity contribution < 1.29 is 0 Å². The molecule has 13 heavy (non-hydrogen) atoms. The van der Waals surface area contributed by atoms with Crippen LogP contribution < -0.4 is 0 Å². The molecule has 0 atom stereocenters. The normalized spacial score (nSPS) is 9.77. The minimum Gasteiger partial charge on any atom is -0.256 e. The van der Waals surface area contributed by atoms with Crippen LogP contribution in [0.4, 0.5) is 0 Å². The van der Waals surface area contributed by atoms with E-state index >= 15 is 0 Å². The molecule has 0 unspecified atom stereocenters. The minimum absolute atomic E-state index is 0.382. The number of hydrogen-bond acceptors (Lipinski definition) is 4. The number of aromatic nitrogens is 6. The summed E-state index contributed by atoms with van der Waals surface area (Å²) in [4.78, 5) is 4.02. The number of hydrogen-bond donors (Lipinski definition) is 0. The summed E-state index contributed by atoms with van der Waals surface area (Å²) in [6, 6.07) is 0. The first-order valence-electron chi connectivity index (χ1n) is 3.58. The molecule has 0 spiro atoms. The van der Waals surface area contributed by atoms with Crippen molar-refractivity contribution >= 4 is 0 Å². The summed E-state index contributed by atoms with van der Waals surface area (Å²) in [5, 5.41) is 11.3. The lowest BCUT2D eigenvalue weighted by atomic mass is 10.7. The van der Waals surface area contributed by atoms with Crippen molar-refractivity contribution in [3.8, 4) is 18.3 Å². The molecule has 0 amide bonds. The molecular weight excluding hydrogens is 168 g/mol. The molecular formula is C7H6N6. The first-order valence-corrected chi connectivity index (χ1v) is 3.58. The highest BCUT2D eigenvalue weighted by molar-refractivity contribution is 5.08. The van der Waals surface area contributed by atoms with Gasteiger partial charge in [-0.3, -0.25) is 4.57 Å². The molecule has 0 aliphatic heterocycles. The maximum absolute atomic E-state index is 5.16. The topological polar surface area (TPSA) is 61.4 Å². The lowest BCUT2D eigenvalue weighted by Gasteiger charge is -1.99. The Morgan fingerprint density at radius 1 is 1.38 bits per heavy atom. The summed E-state index contributed by atoms with van der Waals surface area (Å²) in [5.74, 6) is 3.09. The van der Waals surface area contributed by atoms with Crippen molar-refractivity contribution in [1.82, 2.24) is 29.5 Å². The highest BCUT2D eigenvalue weighted by atomic mass is 15.4. The van der Waals surface area contributed by atoms with Crippen molar-refractivity contribution in [3.63, 3.8) is 0 Å². The molecule has 2 aromatic heterocycles. The summed E-state index contributed by atoms with van der Waals surface area (Å²) in [7, 11) is 0. The highest BCUT2D eigenvalue weighted by Gasteiger charge is 2.04. The predicted octanol–water partition coefficient (Wildman–Crippen LogP) is -0.508. The predicted molar refractivity (Wildman–Crippen MR) is 43.8 cm³/mol. The molecule has 2 heterocycles. The van der Waals surface area contributed by atoms with Gasteiger partial charge in [-0.1, -0.05) is 5.92 Å². The van der Waals surface area contributed by atoms with Crippen LogP contribution in [0.15, 0.2) is 19.0 Å². The Labute approximate surface area is 74.2 Å². The summed E-state index contributed by atoms with van der Waals surface area (Å²) in [6.45, 7) is 0.382. The van der Waals surface area contributed by atoms with Gasteiger partial charge in [0, 0.05) is 0 Å². The van der Waals surface area contributed by atoms with Gasteiger partial charge in [0.1, 0.15) is 25.5 Å². The van der Waals surface area contributed by atoms with Crippen molar-refractivity contribution in [2.24, 2.45) is 0 Å². The highest BCUT2D eigenvalue weighted by Crippen LogP contribution is 1.99. The second-order valence-corrected chi connectivity index (χ2v) is 2.29. The number of terminal acetylenes is 1. The zero-order chi connectivity index (χ0) is 9.10. The average Bonchev–Trinajstić information content (AvgIpc) is 2.71. The van der Waals surface area contributed by atoms with E-state index in [4.69, 9.17) is 6.42 Å². The third kappa shape index (κ3) is 1.27. The summed E-state index contributed by atoms with van der Waals surface area (Å²) < 4.78 is 3.23. The Bertz CT molecular complexity index is 420. The molecule has 0 aliphatic carbocycles. The molecule has 64 valence electrons. The SMILES string of the molecule is C#CCn1ncnc1-n1cnnc1. The Hall–Kier alpha value is -2.16. The second-order valence-electron chi connectivity index (χ2n) is 2.29. The van der Waals surface area contributed by atoms with Crippen LogP contribution in [0, 0.1) is 12.3 Å². The van der Waals surface area contributed by atoms with Gasteiger partial charge in [-0.05, 0) is 0 Å². The van der Waals surface area contributed by atoms with Gasteiger partial charge in [-0.25, -0.2) is 4.68 Å². The van der Waals surface area contributed by atoms with Gasteiger partial charge in [0.15, 0.2) is 0 Å². The molecule has 0 saturated heterocycles. The number of nitrogens with zero attached hydrogens (tertiary/aromatic N) is 6. The lowest BCUT2D eigenvalue weighted by molar-refractivity contribution is 0.680. The molecule has 6 heteroatoms. The van der Waals surface area contributed by atoms with Gasteiger partial charge < -0.3 is 0 Å². The van der Waals surface area contributed by atoms with Gasteiger partial charge >= 0.3 is 0 Å². The van der Waals surface area contributed by atoms with Gasteiger partial charge in [-0.15, -0.1) is 16.6 Å². The van der Waals surface area contributed by atoms with E-state index in [9.17, 15) is 0 Å². The Morgan fingerprint density at radius 3 is 2.85 bits per heavy atom. The van der Waals surface area contributed by atoms with Crippen LogP contribution in [0.1, 0.15) is 0 Å². The monoisotopic (exact) mass is 174 g/mol. The third-order valence-corrected chi connectivity index (χ3v) is 1.49. The summed E-state index contributed by atoms with van der Waals surface area (Å²) in [5.41, 5.74) is 0. The summed E-state index contributed by atoms with van der Waals surface area (Å²) in [6.07, 6.45) is 9.68. The molecule has 0 bridgehead atoms. The van der Waals surface area contributed by atoms with E-state index in [-0.39, 0.29) is 0 Å². The lowest BCUT2D eigenvalue weighted by Crippen LogP contribution is -2.06. The largest absolute Gasteiger partial charge is 0.256 e. The van der Waals surface area contributed by atoms with Crippen molar-refractivity contribution in [2.45, 2.75) is 6.54 Å². The van der Waals surface area contributed by atoms with Crippen molar-refractivity contribution in [3.05, 3.63) is 19.0 Å². The molecule has 0 aliphatic rings. The fourth-order valence-electron chi connectivity index (χ4n) is 0.960. The maximum atomic E-state index is 5.16. The molecule has 0 radical (unpaired) electrons. The smallest absolute Gasteiger partial charge is 0.235 e. The van der Waals surface area contributed by atoms with Crippen LogP contribution in [0.2, 0.25) is 0 Å². The molecule has 0 fully saturated rings. The zero-order valence-electron chi connectivity index (χ0n) is 6.70.